The maximum atomic E-state index is 12.0. The molecule has 0 aliphatic heterocycles. The van der Waals surface area contributed by atoms with Gasteiger partial charge >= 0.3 is 6.18 Å². The Kier molecular flexibility index (Phi) is 4.59. The van der Waals surface area contributed by atoms with Crippen molar-refractivity contribution in [3.63, 3.8) is 0 Å². The van der Waals surface area contributed by atoms with Gasteiger partial charge in [0.1, 0.15) is 0 Å². The first-order chi connectivity index (χ1) is 5.27. The fourth-order valence-electron chi connectivity index (χ4n) is 1.18. The van der Waals surface area contributed by atoms with Crippen molar-refractivity contribution in [2.75, 3.05) is 5.33 Å². The molecule has 0 rings (SSSR count). The van der Waals surface area contributed by atoms with Crippen molar-refractivity contribution in [1.82, 2.24) is 0 Å². The minimum atomic E-state index is -4.03. The summed E-state index contributed by atoms with van der Waals surface area (Å²) in [6.07, 6.45) is -3.32. The highest BCUT2D eigenvalue weighted by Gasteiger charge is 2.35. The van der Waals surface area contributed by atoms with Gasteiger partial charge in [0.05, 0.1) is 0 Å². The fourth-order valence-corrected chi connectivity index (χ4v) is 1.46. The molecule has 0 bridgehead atoms. The van der Waals surface area contributed by atoms with Crippen LogP contribution in [0, 0.1) is 5.41 Å². The van der Waals surface area contributed by atoms with Crippen molar-refractivity contribution >= 4 is 15.9 Å². The average Bonchev–Trinajstić information content (AvgIpc) is 1.78. The van der Waals surface area contributed by atoms with Crippen molar-refractivity contribution in [1.29, 1.82) is 0 Å². The van der Waals surface area contributed by atoms with Crippen LogP contribution < -0.4 is 0 Å². The minimum absolute atomic E-state index is 0.609. The van der Waals surface area contributed by atoms with Crippen molar-refractivity contribution < 1.29 is 13.2 Å². The van der Waals surface area contributed by atoms with Crippen LogP contribution in [0.4, 0.5) is 13.2 Å². The number of rotatable bonds is 4. The Labute approximate surface area is 79.7 Å². The molecule has 0 N–H and O–H groups in total. The van der Waals surface area contributed by atoms with Gasteiger partial charge in [-0.25, -0.2) is 0 Å². The molecule has 0 unspecified atom stereocenters. The van der Waals surface area contributed by atoms with E-state index in [1.807, 2.05) is 0 Å². The van der Waals surface area contributed by atoms with Gasteiger partial charge in [-0.3, -0.25) is 0 Å². The SMILES string of the molecule is CC(C)(CCCBr)CC(F)(F)F. The van der Waals surface area contributed by atoms with E-state index in [0.717, 1.165) is 11.8 Å². The van der Waals surface area contributed by atoms with Crippen LogP contribution in [0.2, 0.25) is 0 Å². The van der Waals surface area contributed by atoms with Crippen molar-refractivity contribution in [3.05, 3.63) is 0 Å². The third kappa shape index (κ3) is 6.95. The van der Waals surface area contributed by atoms with Gasteiger partial charge in [0.25, 0.3) is 0 Å². The molecule has 0 heterocycles. The molecular weight excluding hydrogens is 233 g/mol. The molecule has 0 atom stereocenters. The van der Waals surface area contributed by atoms with Crippen LogP contribution in [0.5, 0.6) is 0 Å². The van der Waals surface area contributed by atoms with E-state index in [9.17, 15) is 13.2 Å². The first-order valence-electron chi connectivity index (χ1n) is 3.89. The van der Waals surface area contributed by atoms with Crippen LogP contribution in [0.3, 0.4) is 0 Å². The van der Waals surface area contributed by atoms with E-state index in [2.05, 4.69) is 15.9 Å². The normalized spacial score (nSPS) is 13.5. The molecule has 0 radical (unpaired) electrons. The lowest BCUT2D eigenvalue weighted by Gasteiger charge is -2.25. The zero-order valence-electron chi connectivity index (χ0n) is 7.34. The van der Waals surface area contributed by atoms with E-state index >= 15 is 0 Å². The number of alkyl halides is 4. The summed E-state index contributed by atoms with van der Waals surface area (Å²) in [6, 6.07) is 0. The van der Waals surface area contributed by atoms with Crippen molar-refractivity contribution in [2.45, 2.75) is 39.3 Å². The highest BCUT2D eigenvalue weighted by molar-refractivity contribution is 9.09. The quantitative estimate of drug-likeness (QED) is 0.655. The van der Waals surface area contributed by atoms with Gasteiger partial charge in [-0.2, -0.15) is 13.2 Å². The van der Waals surface area contributed by atoms with Gasteiger partial charge in [0, 0.05) is 11.8 Å². The molecule has 0 amide bonds. The van der Waals surface area contributed by atoms with Gasteiger partial charge in [-0.05, 0) is 18.3 Å². The van der Waals surface area contributed by atoms with E-state index in [0.29, 0.717) is 6.42 Å². The van der Waals surface area contributed by atoms with Crippen LogP contribution in [-0.2, 0) is 0 Å². The molecule has 0 aliphatic rings. The van der Waals surface area contributed by atoms with Crippen LogP contribution in [-0.4, -0.2) is 11.5 Å². The highest BCUT2D eigenvalue weighted by atomic mass is 79.9. The minimum Gasteiger partial charge on any atom is -0.171 e. The molecule has 0 saturated carbocycles. The highest BCUT2D eigenvalue weighted by Crippen LogP contribution is 2.36. The molecule has 4 heteroatoms. The summed E-state index contributed by atoms with van der Waals surface area (Å²) in [4.78, 5) is 0. The van der Waals surface area contributed by atoms with Gasteiger partial charge in [0.15, 0.2) is 0 Å². The Balaban J connectivity index is 3.86. The second kappa shape index (κ2) is 4.49. The van der Waals surface area contributed by atoms with Crippen molar-refractivity contribution in [3.8, 4) is 0 Å². The van der Waals surface area contributed by atoms with Crippen LogP contribution in [0.15, 0.2) is 0 Å². The van der Waals surface area contributed by atoms with E-state index in [-0.39, 0.29) is 0 Å². The second-order valence-electron chi connectivity index (χ2n) is 3.75. The topological polar surface area (TPSA) is 0 Å². The molecule has 0 aromatic heterocycles. The maximum absolute atomic E-state index is 12.0. The molecule has 74 valence electrons. The molecule has 0 fully saturated rings. The molecule has 0 saturated heterocycles. The Morgan fingerprint density at radius 3 is 2.00 bits per heavy atom. The van der Waals surface area contributed by atoms with Crippen LogP contribution in [0.1, 0.15) is 33.1 Å². The van der Waals surface area contributed by atoms with E-state index in [4.69, 9.17) is 0 Å². The lowest BCUT2D eigenvalue weighted by molar-refractivity contribution is -0.155. The monoisotopic (exact) mass is 246 g/mol. The first kappa shape index (κ1) is 12.3. The largest absolute Gasteiger partial charge is 0.389 e. The second-order valence-corrected chi connectivity index (χ2v) is 4.54. The fraction of sp³-hybridized carbons (Fsp3) is 1.00. The summed E-state index contributed by atoms with van der Waals surface area (Å²) in [5.41, 5.74) is -0.619. The van der Waals surface area contributed by atoms with E-state index < -0.39 is 18.0 Å². The van der Waals surface area contributed by atoms with E-state index in [1.54, 1.807) is 13.8 Å². The van der Waals surface area contributed by atoms with Gasteiger partial charge < -0.3 is 0 Å². The van der Waals surface area contributed by atoms with Gasteiger partial charge in [0.2, 0.25) is 0 Å². The molecule has 0 aliphatic carbocycles. The standard InChI is InChI=1S/C8H14BrF3/c1-7(2,4-3-5-9)6-8(10,11)12/h3-6H2,1-2H3. The number of hydrogen-bond acceptors (Lipinski definition) is 0. The van der Waals surface area contributed by atoms with Gasteiger partial charge in [-0.1, -0.05) is 29.8 Å². The molecule has 0 nitrogen and oxygen atoms in total. The maximum Gasteiger partial charge on any atom is 0.389 e. The lowest BCUT2D eigenvalue weighted by Crippen LogP contribution is -2.22. The number of hydrogen-bond donors (Lipinski definition) is 0. The Morgan fingerprint density at radius 2 is 1.67 bits per heavy atom. The third-order valence-corrected chi connectivity index (χ3v) is 2.23. The summed E-state index contributed by atoms with van der Waals surface area (Å²) in [5, 5.41) is 0.772. The Bertz CT molecular complexity index is 129. The Hall–Kier alpha value is 0.270. The predicted octanol–water partition coefficient (Wildman–Crippen LogP) is 4.14. The lowest BCUT2D eigenvalue weighted by atomic mass is 9.84. The Morgan fingerprint density at radius 1 is 1.17 bits per heavy atom. The van der Waals surface area contributed by atoms with Gasteiger partial charge in [-0.15, -0.1) is 0 Å². The summed E-state index contributed by atoms with van der Waals surface area (Å²) in [5.74, 6) is 0. The first-order valence-corrected chi connectivity index (χ1v) is 5.02. The summed E-state index contributed by atoms with van der Waals surface area (Å²) >= 11 is 3.20. The van der Waals surface area contributed by atoms with Crippen LogP contribution in [0.25, 0.3) is 0 Å². The number of halogens is 4. The smallest absolute Gasteiger partial charge is 0.171 e. The molecule has 0 spiro atoms. The summed E-state index contributed by atoms with van der Waals surface area (Å²) < 4.78 is 35.9. The molecule has 0 aromatic carbocycles. The summed E-state index contributed by atoms with van der Waals surface area (Å²) in [6.45, 7) is 3.31. The zero-order chi connectivity index (χ0) is 9.83. The van der Waals surface area contributed by atoms with Crippen molar-refractivity contribution in [2.24, 2.45) is 5.41 Å². The van der Waals surface area contributed by atoms with Crippen LogP contribution >= 0.6 is 15.9 Å². The summed E-state index contributed by atoms with van der Waals surface area (Å²) in [7, 11) is 0. The average molecular weight is 247 g/mol. The predicted molar refractivity (Wildman–Crippen MR) is 47.5 cm³/mol. The molecular formula is C8H14BrF3. The third-order valence-electron chi connectivity index (χ3n) is 1.67. The molecule has 12 heavy (non-hydrogen) atoms. The molecule has 0 aromatic rings. The zero-order valence-corrected chi connectivity index (χ0v) is 8.93. The van der Waals surface area contributed by atoms with E-state index in [1.165, 1.54) is 0 Å².